The Bertz CT molecular complexity index is 695. The van der Waals surface area contributed by atoms with E-state index in [1.54, 1.807) is 15.6 Å². The van der Waals surface area contributed by atoms with Crippen LogP contribution in [0.15, 0.2) is 17.5 Å². The minimum atomic E-state index is -3.49. The van der Waals surface area contributed by atoms with Gasteiger partial charge in [0.1, 0.15) is 0 Å². The van der Waals surface area contributed by atoms with Gasteiger partial charge in [0, 0.05) is 31.1 Å². The number of nitrogens with zero attached hydrogens (tertiary/aromatic N) is 2. The quantitative estimate of drug-likeness (QED) is 0.826. The highest BCUT2D eigenvalue weighted by Crippen LogP contribution is 2.27. The van der Waals surface area contributed by atoms with Crippen molar-refractivity contribution >= 4 is 27.5 Å². The summed E-state index contributed by atoms with van der Waals surface area (Å²) in [5, 5.41) is 4.94. The lowest BCUT2D eigenvalue weighted by Gasteiger charge is -2.39. The highest BCUT2D eigenvalue weighted by Gasteiger charge is 2.38. The van der Waals surface area contributed by atoms with E-state index in [1.807, 2.05) is 17.5 Å². The molecule has 1 N–H and O–H groups in total. The third-order valence-corrected chi connectivity index (χ3v) is 8.07. The second-order valence-electron chi connectivity index (χ2n) is 7.77. The van der Waals surface area contributed by atoms with Gasteiger partial charge in [-0.15, -0.1) is 11.3 Å². The predicted octanol–water partition coefficient (Wildman–Crippen LogP) is 2.30. The van der Waals surface area contributed by atoms with Crippen LogP contribution in [-0.4, -0.2) is 49.1 Å². The summed E-state index contributed by atoms with van der Waals surface area (Å²) in [6.07, 6.45) is 2.55. The first-order valence-corrected chi connectivity index (χ1v) is 11.7. The van der Waals surface area contributed by atoms with Gasteiger partial charge in [-0.2, -0.15) is 17.0 Å². The molecule has 0 saturated carbocycles. The Labute approximate surface area is 160 Å². The molecular formula is C18H29N3O3S2. The van der Waals surface area contributed by atoms with Gasteiger partial charge in [0.05, 0.1) is 12.5 Å². The van der Waals surface area contributed by atoms with Crippen molar-refractivity contribution in [3.63, 3.8) is 0 Å². The first-order valence-electron chi connectivity index (χ1n) is 9.41. The molecule has 0 aliphatic carbocycles. The number of carbonyl (C=O) groups is 1. The normalized spacial score (nSPS) is 28.8. The maximum Gasteiger partial charge on any atom is 0.282 e. The summed E-state index contributed by atoms with van der Waals surface area (Å²) in [5.41, 5.74) is 0. The summed E-state index contributed by atoms with van der Waals surface area (Å²) in [6, 6.07) is 3.95. The van der Waals surface area contributed by atoms with E-state index in [9.17, 15) is 13.2 Å². The molecule has 6 nitrogen and oxygen atoms in total. The minimum absolute atomic E-state index is 0.0429. The Morgan fingerprint density at radius 2 is 1.96 bits per heavy atom. The zero-order valence-electron chi connectivity index (χ0n) is 15.6. The third-order valence-electron chi connectivity index (χ3n) is 5.26. The molecule has 0 aromatic carbocycles. The Kier molecular flexibility index (Phi) is 6.37. The average Bonchev–Trinajstić information content (AvgIpc) is 3.12. The van der Waals surface area contributed by atoms with Crippen LogP contribution in [0, 0.1) is 17.8 Å². The van der Waals surface area contributed by atoms with E-state index in [1.165, 1.54) is 4.31 Å². The van der Waals surface area contributed by atoms with Crippen molar-refractivity contribution in [1.82, 2.24) is 13.9 Å². The van der Waals surface area contributed by atoms with Crippen LogP contribution in [0.2, 0.25) is 0 Å². The number of hydrogen-bond donors (Lipinski definition) is 1. The molecule has 0 radical (unpaired) electrons. The van der Waals surface area contributed by atoms with Gasteiger partial charge in [-0.05, 0) is 42.5 Å². The standard InChI is InChI=1S/C18H29N3O3S2/c1-14-9-15(2)12-21(11-14)26(23,24)20-7-3-5-16(13-20)18(22)19-10-17-6-4-8-25-17/h4,6,8,14-16H,3,5,7,9-13H2,1-2H3,(H,19,22)/t14-,15-,16-/m0/s1. The molecule has 3 atom stereocenters. The fourth-order valence-corrected chi connectivity index (χ4v) is 6.64. The molecule has 3 rings (SSSR count). The molecule has 1 aromatic rings. The lowest BCUT2D eigenvalue weighted by molar-refractivity contribution is -0.126. The molecular weight excluding hydrogens is 370 g/mol. The Morgan fingerprint density at radius 1 is 1.23 bits per heavy atom. The third kappa shape index (κ3) is 4.65. The van der Waals surface area contributed by atoms with Crippen molar-refractivity contribution in [1.29, 1.82) is 0 Å². The number of hydrogen-bond acceptors (Lipinski definition) is 4. The maximum absolute atomic E-state index is 13.1. The summed E-state index contributed by atoms with van der Waals surface area (Å²) in [5.74, 6) is 0.447. The number of rotatable bonds is 5. The molecule has 2 saturated heterocycles. The van der Waals surface area contributed by atoms with Crippen molar-refractivity contribution in [2.45, 2.75) is 39.7 Å². The second kappa shape index (κ2) is 8.37. The van der Waals surface area contributed by atoms with Gasteiger partial charge in [-0.3, -0.25) is 4.79 Å². The van der Waals surface area contributed by atoms with Crippen molar-refractivity contribution < 1.29 is 13.2 Å². The Morgan fingerprint density at radius 3 is 2.62 bits per heavy atom. The molecule has 146 valence electrons. The van der Waals surface area contributed by atoms with Gasteiger partial charge in [0.25, 0.3) is 10.2 Å². The zero-order valence-corrected chi connectivity index (χ0v) is 17.2. The van der Waals surface area contributed by atoms with Gasteiger partial charge >= 0.3 is 0 Å². The van der Waals surface area contributed by atoms with E-state index in [4.69, 9.17) is 0 Å². The average molecular weight is 400 g/mol. The summed E-state index contributed by atoms with van der Waals surface area (Å²) in [6.45, 7) is 6.69. The molecule has 0 spiro atoms. The first kappa shape index (κ1) is 19.8. The molecule has 8 heteroatoms. The maximum atomic E-state index is 13.1. The van der Waals surface area contributed by atoms with Gasteiger partial charge in [-0.1, -0.05) is 19.9 Å². The van der Waals surface area contributed by atoms with Crippen LogP contribution in [0.5, 0.6) is 0 Å². The second-order valence-corrected chi connectivity index (χ2v) is 10.7. The van der Waals surface area contributed by atoms with Crippen molar-refractivity contribution in [2.75, 3.05) is 26.2 Å². The van der Waals surface area contributed by atoms with Gasteiger partial charge in [0.2, 0.25) is 5.91 Å². The smallest absolute Gasteiger partial charge is 0.282 e. The van der Waals surface area contributed by atoms with Crippen LogP contribution >= 0.6 is 11.3 Å². The summed E-state index contributed by atoms with van der Waals surface area (Å²) >= 11 is 1.61. The molecule has 3 heterocycles. The minimum Gasteiger partial charge on any atom is -0.351 e. The number of piperidine rings is 2. The fourth-order valence-electron chi connectivity index (χ4n) is 4.06. The molecule has 1 aromatic heterocycles. The SMILES string of the molecule is C[C@H]1C[C@H](C)CN(S(=O)(=O)N2CCC[C@H](C(=O)NCc3cccs3)C2)C1. The van der Waals surface area contributed by atoms with Crippen molar-refractivity contribution in [3.8, 4) is 0 Å². The van der Waals surface area contributed by atoms with E-state index >= 15 is 0 Å². The molecule has 0 unspecified atom stereocenters. The number of thiophene rings is 1. The summed E-state index contributed by atoms with van der Waals surface area (Å²) in [4.78, 5) is 13.6. The lowest BCUT2D eigenvalue weighted by atomic mass is 9.94. The van der Waals surface area contributed by atoms with E-state index in [2.05, 4.69) is 19.2 Å². The lowest BCUT2D eigenvalue weighted by Crippen LogP contribution is -2.53. The topological polar surface area (TPSA) is 69.7 Å². The molecule has 1 amide bonds. The zero-order chi connectivity index (χ0) is 18.7. The van der Waals surface area contributed by atoms with E-state index in [-0.39, 0.29) is 18.4 Å². The Balaban J connectivity index is 1.60. The van der Waals surface area contributed by atoms with Crippen molar-refractivity contribution in [3.05, 3.63) is 22.4 Å². The molecule has 2 fully saturated rings. The van der Waals surface area contributed by atoms with Gasteiger partial charge in [-0.25, -0.2) is 0 Å². The van der Waals surface area contributed by atoms with E-state index < -0.39 is 10.2 Å². The molecule has 2 aliphatic rings. The highest BCUT2D eigenvalue weighted by molar-refractivity contribution is 7.86. The predicted molar refractivity (Wildman–Crippen MR) is 104 cm³/mol. The van der Waals surface area contributed by atoms with E-state index in [0.717, 1.165) is 24.1 Å². The largest absolute Gasteiger partial charge is 0.351 e. The summed E-state index contributed by atoms with van der Waals surface area (Å²) < 4.78 is 29.3. The van der Waals surface area contributed by atoms with Crippen LogP contribution < -0.4 is 5.32 Å². The van der Waals surface area contributed by atoms with Crippen LogP contribution in [0.4, 0.5) is 0 Å². The monoisotopic (exact) mass is 399 g/mol. The van der Waals surface area contributed by atoms with E-state index in [0.29, 0.717) is 38.0 Å². The van der Waals surface area contributed by atoms with Crippen LogP contribution in [-0.2, 0) is 21.5 Å². The van der Waals surface area contributed by atoms with Crippen LogP contribution in [0.3, 0.4) is 0 Å². The number of nitrogens with one attached hydrogen (secondary N) is 1. The highest BCUT2D eigenvalue weighted by atomic mass is 32.2. The number of amides is 1. The first-order chi connectivity index (χ1) is 12.4. The number of carbonyl (C=O) groups excluding carboxylic acids is 1. The fraction of sp³-hybridized carbons (Fsp3) is 0.722. The van der Waals surface area contributed by atoms with Crippen LogP contribution in [0.1, 0.15) is 38.0 Å². The molecule has 2 aliphatic heterocycles. The van der Waals surface area contributed by atoms with Crippen LogP contribution in [0.25, 0.3) is 0 Å². The Hall–Kier alpha value is -0.960. The van der Waals surface area contributed by atoms with Gasteiger partial charge in [0.15, 0.2) is 0 Å². The van der Waals surface area contributed by atoms with Gasteiger partial charge < -0.3 is 5.32 Å². The summed E-state index contributed by atoms with van der Waals surface area (Å²) in [7, 11) is -3.49. The van der Waals surface area contributed by atoms with Crippen molar-refractivity contribution in [2.24, 2.45) is 17.8 Å². The molecule has 0 bridgehead atoms. The molecule has 26 heavy (non-hydrogen) atoms.